The molecule has 0 aliphatic carbocycles. The molecule has 0 aliphatic heterocycles. The molecule has 0 amide bonds. The molecule has 1 unspecified atom stereocenters. The number of carboxylic acid groups (broad SMARTS) is 1. The number of carbonyl (C=O) groups excluding carboxylic acids is 2. The van der Waals surface area contributed by atoms with Crippen LogP contribution in [0, 0.1) is 0 Å². The van der Waals surface area contributed by atoms with E-state index in [-0.39, 0.29) is 31.8 Å². The van der Waals surface area contributed by atoms with Gasteiger partial charge in [-0.2, -0.15) is 0 Å². The molecule has 8 heteroatoms. The molecular weight excluding hydrogens is 344 g/mol. The van der Waals surface area contributed by atoms with Gasteiger partial charge in [-0.3, -0.25) is 4.79 Å². The fourth-order valence-electron chi connectivity index (χ4n) is 1.94. The summed E-state index contributed by atoms with van der Waals surface area (Å²) in [6.45, 7) is 6.56. The number of hydrogen-bond donors (Lipinski definition) is 1. The van der Waals surface area contributed by atoms with Crippen LogP contribution in [-0.4, -0.2) is 62.7 Å². The van der Waals surface area contributed by atoms with Crippen LogP contribution in [0.25, 0.3) is 0 Å². The highest BCUT2D eigenvalue weighted by Gasteiger charge is 2.26. The van der Waals surface area contributed by atoms with Crippen LogP contribution in [-0.2, 0) is 33.3 Å². The van der Waals surface area contributed by atoms with Gasteiger partial charge in [0.15, 0.2) is 0 Å². The molecule has 0 heterocycles. The fourth-order valence-corrected chi connectivity index (χ4v) is 1.94. The van der Waals surface area contributed by atoms with Crippen LogP contribution in [0.2, 0.25) is 0 Å². The molecule has 1 N–H and O–H groups in total. The lowest BCUT2D eigenvalue weighted by atomic mass is 10.2. The predicted octanol–water partition coefficient (Wildman–Crippen LogP) is 2.11. The van der Waals surface area contributed by atoms with Crippen molar-refractivity contribution in [1.82, 2.24) is 0 Å². The number of esters is 2. The maximum Gasteiger partial charge on any atom is 0.347 e. The average molecular weight is 374 g/mol. The molecule has 0 fully saturated rings. The topological polar surface area (TPSA) is 108 Å². The lowest BCUT2D eigenvalue weighted by Gasteiger charge is -2.17. The molecule has 0 aromatic heterocycles. The minimum absolute atomic E-state index is 0.0454. The molecule has 0 rings (SSSR count). The fraction of sp³-hybridized carbons (Fsp3) is 0.722. The zero-order chi connectivity index (χ0) is 19.8. The normalized spacial score (nSPS) is 11.6. The van der Waals surface area contributed by atoms with E-state index in [0.717, 1.165) is 25.7 Å². The van der Waals surface area contributed by atoms with Gasteiger partial charge in [0.2, 0.25) is 6.10 Å². The van der Waals surface area contributed by atoms with Gasteiger partial charge in [0.25, 0.3) is 0 Å². The van der Waals surface area contributed by atoms with Crippen LogP contribution in [0.1, 0.15) is 45.4 Å². The number of carboxylic acids is 1. The largest absolute Gasteiger partial charge is 0.481 e. The smallest absolute Gasteiger partial charge is 0.347 e. The van der Waals surface area contributed by atoms with Crippen LogP contribution < -0.4 is 0 Å². The summed E-state index contributed by atoms with van der Waals surface area (Å²) in [6, 6.07) is 0. The van der Waals surface area contributed by atoms with Gasteiger partial charge >= 0.3 is 17.9 Å². The molecule has 26 heavy (non-hydrogen) atoms. The van der Waals surface area contributed by atoms with Crippen molar-refractivity contribution in [2.24, 2.45) is 0 Å². The van der Waals surface area contributed by atoms with Crippen molar-refractivity contribution >= 4 is 17.9 Å². The van der Waals surface area contributed by atoms with Crippen molar-refractivity contribution in [3.8, 4) is 0 Å². The number of aliphatic carboxylic acids is 1. The Hall–Kier alpha value is -1.93. The summed E-state index contributed by atoms with van der Waals surface area (Å²) in [5.74, 6) is -2.88. The Kier molecular flexibility index (Phi) is 14.2. The zero-order valence-corrected chi connectivity index (χ0v) is 15.7. The van der Waals surface area contributed by atoms with E-state index in [1.54, 1.807) is 0 Å². The number of unbranched alkanes of at least 4 members (excludes halogenated alkanes) is 3. The lowest BCUT2D eigenvalue weighted by molar-refractivity contribution is -0.168. The summed E-state index contributed by atoms with van der Waals surface area (Å²) >= 11 is 0. The van der Waals surface area contributed by atoms with Crippen LogP contribution >= 0.6 is 0 Å². The van der Waals surface area contributed by atoms with Crippen molar-refractivity contribution in [2.45, 2.75) is 51.6 Å². The molecule has 1 atom stereocenters. The van der Waals surface area contributed by atoms with Crippen molar-refractivity contribution < 1.29 is 38.4 Å². The number of ether oxygens (including phenoxy) is 4. The first-order valence-corrected chi connectivity index (χ1v) is 8.76. The first kappa shape index (κ1) is 24.1. The van der Waals surface area contributed by atoms with Crippen LogP contribution in [0.3, 0.4) is 0 Å². The zero-order valence-electron chi connectivity index (χ0n) is 15.7. The van der Waals surface area contributed by atoms with Gasteiger partial charge < -0.3 is 24.1 Å². The van der Waals surface area contributed by atoms with E-state index in [1.165, 1.54) is 7.11 Å². The second-order valence-corrected chi connectivity index (χ2v) is 5.69. The minimum Gasteiger partial charge on any atom is -0.481 e. The lowest BCUT2D eigenvalue weighted by Crippen LogP contribution is -2.32. The van der Waals surface area contributed by atoms with Gasteiger partial charge in [0.1, 0.15) is 6.61 Å². The Labute approximate surface area is 154 Å². The third-order valence-electron chi connectivity index (χ3n) is 3.36. The molecule has 0 saturated heterocycles. The Morgan fingerprint density at radius 2 is 1.77 bits per heavy atom. The number of methoxy groups -OCH3 is 1. The molecule has 0 bridgehead atoms. The molecular formula is C18H30O8. The van der Waals surface area contributed by atoms with Gasteiger partial charge in [-0.25, -0.2) is 9.59 Å². The quantitative estimate of drug-likeness (QED) is 0.249. The van der Waals surface area contributed by atoms with Gasteiger partial charge in [0, 0.05) is 25.7 Å². The van der Waals surface area contributed by atoms with E-state index in [2.05, 4.69) is 13.5 Å². The van der Waals surface area contributed by atoms with E-state index in [0.29, 0.717) is 6.61 Å². The average Bonchev–Trinajstić information content (AvgIpc) is 2.59. The van der Waals surface area contributed by atoms with E-state index in [4.69, 9.17) is 24.1 Å². The summed E-state index contributed by atoms with van der Waals surface area (Å²) in [5.41, 5.74) is -0.247. The molecule has 8 nitrogen and oxygen atoms in total. The summed E-state index contributed by atoms with van der Waals surface area (Å²) in [7, 11) is 1.44. The second kappa shape index (κ2) is 15.3. The Bertz CT molecular complexity index is 446. The van der Waals surface area contributed by atoms with Gasteiger partial charge in [-0.1, -0.05) is 32.8 Å². The van der Waals surface area contributed by atoms with Gasteiger partial charge in [-0.05, 0) is 6.42 Å². The summed E-state index contributed by atoms with van der Waals surface area (Å²) in [6.07, 6.45) is 2.73. The Morgan fingerprint density at radius 3 is 2.38 bits per heavy atom. The van der Waals surface area contributed by atoms with E-state index < -0.39 is 30.4 Å². The second-order valence-electron chi connectivity index (χ2n) is 5.69. The van der Waals surface area contributed by atoms with Crippen molar-refractivity contribution in [2.75, 3.05) is 33.5 Å². The van der Waals surface area contributed by atoms with Crippen molar-refractivity contribution in [3.63, 3.8) is 0 Å². The van der Waals surface area contributed by atoms with Crippen LogP contribution in [0.4, 0.5) is 0 Å². The maximum absolute atomic E-state index is 12.0. The first-order chi connectivity index (χ1) is 12.4. The predicted molar refractivity (Wildman–Crippen MR) is 93.7 cm³/mol. The molecule has 0 saturated carbocycles. The van der Waals surface area contributed by atoms with Crippen molar-refractivity contribution in [1.29, 1.82) is 0 Å². The van der Waals surface area contributed by atoms with Crippen LogP contribution in [0.15, 0.2) is 12.2 Å². The summed E-state index contributed by atoms with van der Waals surface area (Å²) < 4.78 is 20.3. The first-order valence-electron chi connectivity index (χ1n) is 8.76. The molecule has 0 radical (unpaired) electrons. The third-order valence-corrected chi connectivity index (χ3v) is 3.36. The Morgan fingerprint density at radius 1 is 1.04 bits per heavy atom. The van der Waals surface area contributed by atoms with E-state index in [9.17, 15) is 14.4 Å². The molecule has 0 spiro atoms. The highest BCUT2D eigenvalue weighted by atomic mass is 16.6. The standard InChI is InChI=1S/C18H30O8/c1-4-5-6-7-9-24-11-12-25-18(22)15(8-10-23-3)26-17(21)14(2)13-16(19)20/h15H,2,4-13H2,1,3H3,(H,19,20). The maximum atomic E-state index is 12.0. The van der Waals surface area contributed by atoms with Gasteiger partial charge in [-0.15, -0.1) is 0 Å². The SMILES string of the molecule is C=C(CC(=O)O)C(=O)OC(CCOC)C(=O)OCCOCCCCCC. The highest BCUT2D eigenvalue weighted by Crippen LogP contribution is 2.09. The summed E-state index contributed by atoms with van der Waals surface area (Å²) in [4.78, 5) is 34.4. The molecule has 0 aromatic carbocycles. The third kappa shape index (κ3) is 12.4. The number of hydrogen-bond acceptors (Lipinski definition) is 7. The van der Waals surface area contributed by atoms with Crippen molar-refractivity contribution in [3.05, 3.63) is 12.2 Å². The number of carbonyl (C=O) groups is 3. The molecule has 0 aliphatic rings. The van der Waals surface area contributed by atoms with Crippen LogP contribution in [0.5, 0.6) is 0 Å². The number of rotatable bonds is 16. The minimum atomic E-state index is -1.21. The van der Waals surface area contributed by atoms with Gasteiger partial charge in [0.05, 0.1) is 19.6 Å². The molecule has 0 aromatic rings. The summed E-state index contributed by atoms with van der Waals surface area (Å²) in [5, 5.41) is 8.66. The Balaban J connectivity index is 4.23. The molecule has 150 valence electrons. The van der Waals surface area contributed by atoms with E-state index in [1.807, 2.05) is 0 Å². The van der Waals surface area contributed by atoms with E-state index >= 15 is 0 Å². The monoisotopic (exact) mass is 374 g/mol. The highest BCUT2D eigenvalue weighted by molar-refractivity contribution is 5.94.